The molecule has 3 aliphatic heterocycles. The summed E-state index contributed by atoms with van der Waals surface area (Å²) >= 11 is 0. The Bertz CT molecular complexity index is 979. The summed E-state index contributed by atoms with van der Waals surface area (Å²) < 4.78 is 6.50. The van der Waals surface area contributed by atoms with Crippen LogP contribution in [0.15, 0.2) is 30.3 Å². The van der Waals surface area contributed by atoms with E-state index < -0.39 is 29.5 Å². The van der Waals surface area contributed by atoms with Gasteiger partial charge in [-0.1, -0.05) is 63.4 Å². The van der Waals surface area contributed by atoms with Crippen molar-refractivity contribution in [2.45, 2.75) is 95.2 Å². The van der Waals surface area contributed by atoms with Gasteiger partial charge in [-0.3, -0.25) is 14.4 Å². The van der Waals surface area contributed by atoms with Gasteiger partial charge in [0.25, 0.3) is 0 Å². The first-order valence-electron chi connectivity index (χ1n) is 13.6. The van der Waals surface area contributed by atoms with Gasteiger partial charge in [-0.2, -0.15) is 0 Å². The standard InChI is InChI=1S/C28H39N3O5/c1-17(2)20(16-32)31-24(26(34)30-19-11-7-4-8-12-19)28-14-13-21(36-28)22(23(28)27(31)35)25(33)29-15-18-9-5-3-6-10-18/h3,5-6,9-10,17,19-24,32H,4,7-8,11-16H2,1-2H3,(H,29,33)(H,30,34)/t20-,21+,22-,23-,24?,28?/m0/s1. The second-order valence-corrected chi connectivity index (χ2v) is 11.3. The number of amides is 3. The van der Waals surface area contributed by atoms with Gasteiger partial charge in [0.15, 0.2) is 0 Å². The van der Waals surface area contributed by atoms with Crippen LogP contribution in [0.25, 0.3) is 0 Å². The van der Waals surface area contributed by atoms with E-state index in [1.807, 2.05) is 44.2 Å². The molecule has 1 spiro atoms. The largest absolute Gasteiger partial charge is 0.394 e. The number of carbonyl (C=O) groups is 3. The van der Waals surface area contributed by atoms with Crippen LogP contribution in [0.3, 0.4) is 0 Å². The van der Waals surface area contributed by atoms with Gasteiger partial charge in [0.05, 0.1) is 30.6 Å². The van der Waals surface area contributed by atoms with E-state index in [0.29, 0.717) is 19.4 Å². The molecule has 196 valence electrons. The van der Waals surface area contributed by atoms with Gasteiger partial charge in [-0.25, -0.2) is 0 Å². The molecule has 1 saturated carbocycles. The van der Waals surface area contributed by atoms with Gasteiger partial charge < -0.3 is 25.4 Å². The first-order valence-corrected chi connectivity index (χ1v) is 13.6. The highest BCUT2D eigenvalue weighted by atomic mass is 16.5. The first kappa shape index (κ1) is 25.2. The molecule has 36 heavy (non-hydrogen) atoms. The Labute approximate surface area is 213 Å². The number of hydrogen-bond donors (Lipinski definition) is 3. The molecule has 1 aliphatic carbocycles. The highest BCUT2D eigenvalue weighted by Crippen LogP contribution is 2.59. The van der Waals surface area contributed by atoms with E-state index in [4.69, 9.17) is 4.74 Å². The minimum atomic E-state index is -1.03. The lowest BCUT2D eigenvalue weighted by molar-refractivity contribution is -0.147. The molecule has 1 aromatic carbocycles. The molecular formula is C28H39N3O5. The monoisotopic (exact) mass is 497 g/mol. The maximum absolute atomic E-state index is 14.0. The zero-order valence-electron chi connectivity index (χ0n) is 21.3. The molecule has 8 nitrogen and oxygen atoms in total. The highest BCUT2D eigenvalue weighted by Gasteiger charge is 2.75. The number of likely N-dealkylation sites (tertiary alicyclic amines) is 1. The Morgan fingerprint density at radius 1 is 1.11 bits per heavy atom. The summed E-state index contributed by atoms with van der Waals surface area (Å²) in [7, 11) is 0. The molecule has 8 heteroatoms. The molecule has 2 bridgehead atoms. The normalized spacial score (nSPS) is 32.6. The number of rotatable bonds is 8. The zero-order chi connectivity index (χ0) is 25.4. The number of fused-ring (bicyclic) bond motifs is 1. The minimum Gasteiger partial charge on any atom is -0.394 e. The average molecular weight is 498 g/mol. The SMILES string of the molecule is CC(C)[C@H](CO)N1C(=O)[C@@H]2[C@@H](C(=O)NCc3ccccc3)[C@H]3CCC2(O3)C1C(=O)NC1CCCCC1. The van der Waals surface area contributed by atoms with Gasteiger partial charge in [-0.05, 0) is 37.2 Å². The molecule has 3 heterocycles. The van der Waals surface area contributed by atoms with Crippen molar-refractivity contribution in [3.63, 3.8) is 0 Å². The Kier molecular flexibility index (Phi) is 7.10. The Morgan fingerprint density at radius 3 is 2.50 bits per heavy atom. The fourth-order valence-corrected chi connectivity index (χ4v) is 7.10. The van der Waals surface area contributed by atoms with Crippen LogP contribution in [0.4, 0.5) is 0 Å². The van der Waals surface area contributed by atoms with Crippen LogP contribution in [0, 0.1) is 17.8 Å². The van der Waals surface area contributed by atoms with Gasteiger partial charge >= 0.3 is 0 Å². The van der Waals surface area contributed by atoms with Crippen LogP contribution in [0.5, 0.6) is 0 Å². The third-order valence-electron chi connectivity index (χ3n) is 8.86. The van der Waals surface area contributed by atoms with Crippen molar-refractivity contribution in [2.75, 3.05) is 6.61 Å². The van der Waals surface area contributed by atoms with Crippen LogP contribution in [0.2, 0.25) is 0 Å². The Hall–Kier alpha value is -2.45. The topological polar surface area (TPSA) is 108 Å². The number of carbonyl (C=O) groups excluding carboxylic acids is 3. The number of ether oxygens (including phenoxy) is 1. The van der Waals surface area contributed by atoms with Crippen molar-refractivity contribution in [3.8, 4) is 0 Å². The fraction of sp³-hybridized carbons (Fsp3) is 0.679. The highest BCUT2D eigenvalue weighted by molar-refractivity contribution is 5.99. The maximum Gasteiger partial charge on any atom is 0.246 e. The van der Waals surface area contributed by atoms with E-state index in [9.17, 15) is 19.5 Å². The van der Waals surface area contributed by atoms with Crippen LogP contribution < -0.4 is 10.6 Å². The number of benzene rings is 1. The molecule has 1 aromatic rings. The molecule has 6 atom stereocenters. The van der Waals surface area contributed by atoms with Crippen LogP contribution >= 0.6 is 0 Å². The van der Waals surface area contributed by atoms with Crippen LogP contribution in [0.1, 0.15) is 64.4 Å². The van der Waals surface area contributed by atoms with Gasteiger partial charge in [0.1, 0.15) is 11.6 Å². The third kappa shape index (κ3) is 4.22. The summed E-state index contributed by atoms with van der Waals surface area (Å²) in [6.45, 7) is 4.02. The number of nitrogens with one attached hydrogen (secondary N) is 2. The van der Waals surface area contributed by atoms with Crippen molar-refractivity contribution >= 4 is 17.7 Å². The van der Waals surface area contributed by atoms with Gasteiger partial charge in [0, 0.05) is 12.6 Å². The molecule has 2 unspecified atom stereocenters. The first-order chi connectivity index (χ1) is 17.4. The summed E-state index contributed by atoms with van der Waals surface area (Å²) in [4.78, 5) is 42.9. The Morgan fingerprint density at radius 2 is 1.83 bits per heavy atom. The number of hydrogen-bond acceptors (Lipinski definition) is 5. The fourth-order valence-electron chi connectivity index (χ4n) is 7.10. The predicted octanol–water partition coefficient (Wildman–Crippen LogP) is 2.14. The van der Waals surface area contributed by atoms with E-state index in [2.05, 4.69) is 10.6 Å². The molecular weight excluding hydrogens is 458 g/mol. The van der Waals surface area contributed by atoms with E-state index in [1.54, 1.807) is 4.90 Å². The van der Waals surface area contributed by atoms with Gasteiger partial charge in [0.2, 0.25) is 17.7 Å². The lowest BCUT2D eigenvalue weighted by atomic mass is 9.70. The molecule has 3 saturated heterocycles. The third-order valence-corrected chi connectivity index (χ3v) is 8.86. The van der Waals surface area contributed by atoms with Crippen LogP contribution in [-0.4, -0.2) is 64.2 Å². The Balaban J connectivity index is 1.43. The molecule has 0 radical (unpaired) electrons. The smallest absolute Gasteiger partial charge is 0.246 e. The maximum atomic E-state index is 14.0. The lowest BCUT2D eigenvalue weighted by Crippen LogP contribution is -2.60. The summed E-state index contributed by atoms with van der Waals surface area (Å²) in [5, 5.41) is 16.5. The number of aliphatic hydroxyl groups excluding tert-OH is 1. The molecule has 3 amide bonds. The van der Waals surface area contributed by atoms with Crippen molar-refractivity contribution in [1.29, 1.82) is 0 Å². The van der Waals surface area contributed by atoms with Gasteiger partial charge in [-0.15, -0.1) is 0 Å². The number of nitrogens with zero attached hydrogens (tertiary/aromatic N) is 1. The van der Waals surface area contributed by atoms with Crippen molar-refractivity contribution in [1.82, 2.24) is 15.5 Å². The van der Waals surface area contributed by atoms with Crippen molar-refractivity contribution < 1.29 is 24.2 Å². The molecule has 3 N–H and O–H groups in total. The van der Waals surface area contributed by atoms with E-state index in [-0.39, 0.29) is 42.4 Å². The summed E-state index contributed by atoms with van der Waals surface area (Å²) in [5.41, 5.74) is -0.0497. The molecule has 5 rings (SSSR count). The average Bonchev–Trinajstić information content (AvgIpc) is 3.52. The van der Waals surface area contributed by atoms with E-state index in [0.717, 1.165) is 31.2 Å². The summed E-state index contributed by atoms with van der Waals surface area (Å²) in [5.74, 6) is -2.07. The second kappa shape index (κ2) is 10.1. The molecule has 4 aliphatic rings. The molecule has 4 fully saturated rings. The minimum absolute atomic E-state index is 0.0540. The van der Waals surface area contributed by atoms with Crippen LogP contribution in [-0.2, 0) is 25.7 Å². The summed E-state index contributed by atoms with van der Waals surface area (Å²) in [6, 6.07) is 8.40. The van der Waals surface area contributed by atoms with Crippen molar-refractivity contribution in [3.05, 3.63) is 35.9 Å². The quantitative estimate of drug-likeness (QED) is 0.510. The van der Waals surface area contributed by atoms with Crippen molar-refractivity contribution in [2.24, 2.45) is 17.8 Å². The molecule has 0 aromatic heterocycles. The zero-order valence-corrected chi connectivity index (χ0v) is 21.3. The predicted molar refractivity (Wildman–Crippen MR) is 133 cm³/mol. The summed E-state index contributed by atoms with van der Waals surface area (Å²) in [6.07, 6.45) is 6.03. The second-order valence-electron chi connectivity index (χ2n) is 11.3. The number of aliphatic hydroxyl groups is 1. The lowest BCUT2D eigenvalue weighted by Gasteiger charge is -2.39. The van der Waals surface area contributed by atoms with E-state index >= 15 is 0 Å². The van der Waals surface area contributed by atoms with E-state index in [1.165, 1.54) is 6.42 Å².